The lowest BCUT2D eigenvalue weighted by atomic mass is 10.0. The van der Waals surface area contributed by atoms with Crippen LogP contribution in [0.1, 0.15) is 19.4 Å². The van der Waals surface area contributed by atoms with Crippen molar-refractivity contribution in [2.24, 2.45) is 0 Å². The second-order valence-electron chi connectivity index (χ2n) is 6.44. The third-order valence-corrected chi connectivity index (χ3v) is 5.37. The summed E-state index contributed by atoms with van der Waals surface area (Å²) in [5.74, 6) is 0.394. The number of halogens is 1. The van der Waals surface area contributed by atoms with Crippen LogP contribution in [0.3, 0.4) is 0 Å². The maximum Gasteiger partial charge on any atom is 0.340 e. The number of nitrogens with zero attached hydrogens (tertiary/aromatic N) is 1. The van der Waals surface area contributed by atoms with Gasteiger partial charge in [0.15, 0.2) is 11.5 Å². The monoisotopic (exact) mass is 455 g/mol. The molecule has 2 heterocycles. The number of hydrogen-bond acceptors (Lipinski definition) is 5. The van der Waals surface area contributed by atoms with Crippen LogP contribution in [0.5, 0.6) is 11.5 Å². The summed E-state index contributed by atoms with van der Waals surface area (Å²) in [6.07, 6.45) is 1.67. The molecule has 0 N–H and O–H groups in total. The number of benzene rings is 2. The third-order valence-electron chi connectivity index (χ3n) is 4.69. The molecule has 0 unspecified atom stereocenters. The molecule has 0 saturated carbocycles. The number of esters is 1. The Bertz CT molecular complexity index is 1060. The van der Waals surface area contributed by atoms with Gasteiger partial charge in [-0.2, -0.15) is 0 Å². The van der Waals surface area contributed by atoms with E-state index in [0.717, 1.165) is 4.47 Å². The van der Waals surface area contributed by atoms with Gasteiger partial charge in [0, 0.05) is 15.9 Å². The molecule has 1 amide bonds. The minimum absolute atomic E-state index is 0.148. The Morgan fingerprint density at radius 1 is 1.21 bits per heavy atom. The van der Waals surface area contributed by atoms with Gasteiger partial charge in [0.05, 0.1) is 17.8 Å². The summed E-state index contributed by atoms with van der Waals surface area (Å²) in [6.45, 7) is 3.84. The molecule has 0 aromatic heterocycles. The van der Waals surface area contributed by atoms with Crippen LogP contribution in [0, 0.1) is 0 Å². The Hall–Kier alpha value is -3.06. The molecule has 2 aromatic carbocycles. The second kappa shape index (κ2) is 7.75. The maximum atomic E-state index is 13.3. The van der Waals surface area contributed by atoms with Crippen LogP contribution < -0.4 is 14.4 Å². The van der Waals surface area contributed by atoms with Gasteiger partial charge in [-0.1, -0.05) is 34.1 Å². The fourth-order valence-electron chi connectivity index (χ4n) is 3.37. The molecular weight excluding hydrogens is 438 g/mol. The summed E-state index contributed by atoms with van der Waals surface area (Å²) in [6, 6.07) is 12.8. The second-order valence-corrected chi connectivity index (χ2v) is 7.30. The first-order valence-electron chi connectivity index (χ1n) is 9.10. The molecule has 0 bridgehead atoms. The molecule has 4 rings (SSSR count). The van der Waals surface area contributed by atoms with E-state index in [4.69, 9.17) is 14.2 Å². The van der Waals surface area contributed by atoms with Crippen molar-refractivity contribution in [3.63, 3.8) is 0 Å². The number of amides is 1. The van der Waals surface area contributed by atoms with Gasteiger partial charge in [-0.15, -0.1) is 0 Å². The zero-order valence-corrected chi connectivity index (χ0v) is 17.5. The number of anilines is 1. The Labute approximate surface area is 176 Å². The average molecular weight is 456 g/mol. The lowest BCUT2D eigenvalue weighted by Crippen LogP contribution is -2.24. The lowest BCUT2D eigenvalue weighted by molar-refractivity contribution is -0.138. The van der Waals surface area contributed by atoms with Crippen LogP contribution in [0.4, 0.5) is 5.69 Å². The predicted octanol–water partition coefficient (Wildman–Crippen LogP) is 4.45. The summed E-state index contributed by atoms with van der Waals surface area (Å²) in [5.41, 5.74) is 2.43. The number of carbonyl (C=O) groups is 2. The summed E-state index contributed by atoms with van der Waals surface area (Å²) < 4.78 is 16.8. The zero-order chi connectivity index (χ0) is 20.5. The number of carbonyl (C=O) groups excluding carboxylic acids is 2. The largest absolute Gasteiger partial charge is 0.462 e. The number of hydrogen-bond donors (Lipinski definition) is 0. The molecule has 29 heavy (non-hydrogen) atoms. The third kappa shape index (κ3) is 3.42. The molecular formula is C22H18BrNO5. The molecule has 2 aromatic rings. The van der Waals surface area contributed by atoms with Crippen LogP contribution in [0.2, 0.25) is 0 Å². The fraction of sp³-hybridized carbons (Fsp3) is 0.182. The number of para-hydroxylation sites is 1. The smallest absolute Gasteiger partial charge is 0.340 e. The Balaban J connectivity index is 1.84. The van der Waals surface area contributed by atoms with Crippen LogP contribution in [0.15, 0.2) is 63.8 Å². The molecule has 148 valence electrons. The first-order valence-corrected chi connectivity index (χ1v) is 9.89. The zero-order valence-electron chi connectivity index (χ0n) is 15.9. The average Bonchev–Trinajstić information content (AvgIpc) is 3.25. The van der Waals surface area contributed by atoms with Gasteiger partial charge in [-0.25, -0.2) is 4.79 Å². The van der Waals surface area contributed by atoms with Crippen molar-refractivity contribution in [1.29, 1.82) is 0 Å². The number of ether oxygens (including phenoxy) is 3. The van der Waals surface area contributed by atoms with Crippen LogP contribution >= 0.6 is 15.9 Å². The molecule has 0 spiro atoms. The molecule has 0 radical (unpaired) electrons. The van der Waals surface area contributed by atoms with Crippen molar-refractivity contribution < 1.29 is 23.8 Å². The minimum atomic E-state index is -0.528. The summed E-state index contributed by atoms with van der Waals surface area (Å²) in [5, 5.41) is 0. The van der Waals surface area contributed by atoms with Gasteiger partial charge in [-0.05, 0) is 49.8 Å². The number of allylic oxidation sites excluding steroid dienone is 1. The molecule has 2 aliphatic heterocycles. The highest BCUT2D eigenvalue weighted by atomic mass is 79.9. The normalized spacial score (nSPS) is 16.7. The molecule has 0 aliphatic carbocycles. The van der Waals surface area contributed by atoms with Crippen LogP contribution in [-0.2, 0) is 14.3 Å². The van der Waals surface area contributed by atoms with E-state index in [1.165, 1.54) is 4.90 Å². The van der Waals surface area contributed by atoms with Crippen molar-refractivity contribution in [3.8, 4) is 11.5 Å². The van der Waals surface area contributed by atoms with Gasteiger partial charge in [0.25, 0.3) is 5.91 Å². The van der Waals surface area contributed by atoms with E-state index in [9.17, 15) is 9.59 Å². The first-order chi connectivity index (χ1) is 14.0. The minimum Gasteiger partial charge on any atom is -0.462 e. The van der Waals surface area contributed by atoms with Gasteiger partial charge >= 0.3 is 5.97 Å². The maximum absolute atomic E-state index is 13.3. The van der Waals surface area contributed by atoms with E-state index in [2.05, 4.69) is 15.9 Å². The van der Waals surface area contributed by atoms with E-state index in [-0.39, 0.29) is 30.5 Å². The molecule has 0 atom stereocenters. The van der Waals surface area contributed by atoms with E-state index in [1.54, 1.807) is 32.1 Å². The molecule has 2 aliphatic rings. The van der Waals surface area contributed by atoms with Gasteiger partial charge in [0.2, 0.25) is 6.79 Å². The highest BCUT2D eigenvalue weighted by Crippen LogP contribution is 2.40. The highest BCUT2D eigenvalue weighted by molar-refractivity contribution is 9.10. The quantitative estimate of drug-likeness (QED) is 0.503. The summed E-state index contributed by atoms with van der Waals surface area (Å²) in [7, 11) is 0. The van der Waals surface area contributed by atoms with Crippen molar-refractivity contribution in [2.75, 3.05) is 18.3 Å². The van der Waals surface area contributed by atoms with Gasteiger partial charge in [-0.3, -0.25) is 9.69 Å². The standard InChI is InChI=1S/C22H18BrNO5/c1-3-27-22(26)20-13(2)24(15-7-5-4-6-8-15)21(25)16(20)9-14-10-18-19(11-17(14)23)29-12-28-18/h4-11H,3,12H2,1-2H3/b16-9-. The summed E-state index contributed by atoms with van der Waals surface area (Å²) in [4.78, 5) is 27.5. The van der Waals surface area contributed by atoms with Crippen molar-refractivity contribution in [1.82, 2.24) is 0 Å². The SMILES string of the molecule is CCOC(=O)C1=C(C)N(c2ccccc2)C(=O)/C1=C\c1cc2c(cc1Br)OCO2. The van der Waals surface area contributed by atoms with E-state index in [1.807, 2.05) is 30.3 Å². The Morgan fingerprint density at radius 3 is 2.59 bits per heavy atom. The highest BCUT2D eigenvalue weighted by Gasteiger charge is 2.38. The fourth-order valence-corrected chi connectivity index (χ4v) is 3.81. The summed E-state index contributed by atoms with van der Waals surface area (Å²) >= 11 is 3.50. The van der Waals surface area contributed by atoms with E-state index < -0.39 is 5.97 Å². The van der Waals surface area contributed by atoms with Gasteiger partial charge < -0.3 is 14.2 Å². The van der Waals surface area contributed by atoms with Crippen molar-refractivity contribution in [2.45, 2.75) is 13.8 Å². The first kappa shape index (κ1) is 19.3. The molecule has 0 fully saturated rings. The predicted molar refractivity (Wildman–Crippen MR) is 112 cm³/mol. The van der Waals surface area contributed by atoms with E-state index in [0.29, 0.717) is 28.4 Å². The van der Waals surface area contributed by atoms with Crippen molar-refractivity contribution in [3.05, 3.63) is 69.3 Å². The lowest BCUT2D eigenvalue weighted by Gasteiger charge is -2.17. The van der Waals surface area contributed by atoms with Gasteiger partial charge in [0.1, 0.15) is 0 Å². The van der Waals surface area contributed by atoms with Crippen LogP contribution in [0.25, 0.3) is 6.08 Å². The number of rotatable bonds is 4. The molecule has 0 saturated heterocycles. The topological polar surface area (TPSA) is 65.1 Å². The van der Waals surface area contributed by atoms with Crippen LogP contribution in [-0.4, -0.2) is 25.3 Å². The number of fused-ring (bicyclic) bond motifs is 1. The Kier molecular flexibility index (Phi) is 5.15. The van der Waals surface area contributed by atoms with E-state index >= 15 is 0 Å². The molecule has 6 nitrogen and oxygen atoms in total. The Morgan fingerprint density at radius 2 is 1.90 bits per heavy atom. The van der Waals surface area contributed by atoms with Crippen molar-refractivity contribution >= 4 is 39.6 Å². The molecule has 7 heteroatoms.